The third-order valence-corrected chi connectivity index (χ3v) is 8.95. The first kappa shape index (κ1) is 40.1. The van der Waals surface area contributed by atoms with E-state index in [2.05, 4.69) is 13.8 Å². The fourth-order valence-corrected chi connectivity index (χ4v) is 6.53. The summed E-state index contributed by atoms with van der Waals surface area (Å²) in [5.41, 5.74) is -0.769. The molecule has 1 aliphatic heterocycles. The van der Waals surface area contributed by atoms with E-state index in [9.17, 15) is 22.6 Å². The zero-order valence-corrected chi connectivity index (χ0v) is 28.6. The van der Waals surface area contributed by atoms with Crippen LogP contribution in [0.3, 0.4) is 0 Å². The molecule has 0 spiro atoms. The van der Waals surface area contributed by atoms with Crippen LogP contribution < -0.4 is 0 Å². The quantitative estimate of drug-likeness (QED) is 0.0577. The molecule has 43 heavy (non-hydrogen) atoms. The summed E-state index contributed by atoms with van der Waals surface area (Å²) >= 11 is 1.24. The molecule has 0 aromatic rings. The van der Waals surface area contributed by atoms with Gasteiger partial charge in [0.15, 0.2) is 12.2 Å². The smallest absolute Gasteiger partial charge is 0.397 e. The molecule has 0 aliphatic carbocycles. The van der Waals surface area contributed by atoms with Gasteiger partial charge in [0.05, 0.1) is 6.61 Å². The van der Waals surface area contributed by atoms with Gasteiger partial charge in [-0.1, -0.05) is 110 Å². The normalized spacial score (nSPS) is 22.4. The number of hydrogen-bond acceptors (Lipinski definition) is 10. The Morgan fingerprint density at radius 3 is 1.51 bits per heavy atom. The number of thioether (sulfide) groups is 1. The van der Waals surface area contributed by atoms with Crippen LogP contribution in [0.1, 0.15) is 136 Å². The van der Waals surface area contributed by atoms with Crippen molar-refractivity contribution in [1.82, 2.24) is 0 Å². The number of carbonyl (C=O) groups is 2. The highest BCUT2D eigenvalue weighted by Crippen LogP contribution is 2.34. The highest BCUT2D eigenvalue weighted by atomic mass is 32.3. The number of hydrogen-bond donors (Lipinski definition) is 1. The van der Waals surface area contributed by atoms with Crippen LogP contribution in [0.2, 0.25) is 0 Å². The number of methoxy groups -OCH3 is 1. The van der Waals surface area contributed by atoms with Gasteiger partial charge >= 0.3 is 22.3 Å². The van der Waals surface area contributed by atoms with Gasteiger partial charge in [0, 0.05) is 20.0 Å². The van der Waals surface area contributed by atoms with Crippen molar-refractivity contribution < 1.29 is 45.7 Å². The molecule has 1 fully saturated rings. The molecule has 0 amide bonds. The lowest BCUT2D eigenvalue weighted by atomic mass is 9.99. The Morgan fingerprint density at radius 1 is 0.698 bits per heavy atom. The van der Waals surface area contributed by atoms with Gasteiger partial charge in [0.25, 0.3) is 0 Å². The average Bonchev–Trinajstić information content (AvgIpc) is 2.95. The van der Waals surface area contributed by atoms with E-state index in [0.717, 1.165) is 38.5 Å². The van der Waals surface area contributed by atoms with Crippen LogP contribution in [0.4, 0.5) is 0 Å². The predicted octanol–water partition coefficient (Wildman–Crippen LogP) is 7.18. The Labute approximate surface area is 265 Å². The van der Waals surface area contributed by atoms with Crippen molar-refractivity contribution in [2.45, 2.75) is 166 Å². The van der Waals surface area contributed by atoms with Crippen molar-refractivity contribution >= 4 is 34.1 Å². The molecule has 1 N–H and O–H groups in total. The minimum absolute atomic E-state index is 0.0948. The summed E-state index contributed by atoms with van der Waals surface area (Å²) in [4.78, 5) is 25.8. The Balaban J connectivity index is 2.83. The second-order valence-corrected chi connectivity index (χ2v) is 13.4. The van der Waals surface area contributed by atoms with E-state index in [-0.39, 0.29) is 19.4 Å². The van der Waals surface area contributed by atoms with Crippen molar-refractivity contribution in [3.8, 4) is 0 Å². The first-order chi connectivity index (χ1) is 20.7. The van der Waals surface area contributed by atoms with E-state index in [4.69, 9.17) is 23.1 Å². The average molecular weight is 655 g/mol. The summed E-state index contributed by atoms with van der Waals surface area (Å²) in [6.07, 6.45) is 15.5. The van der Waals surface area contributed by atoms with E-state index in [0.29, 0.717) is 12.8 Å². The number of unbranched alkanes of at least 4 members (excludes halogenated alkanes) is 15. The molecule has 12 heteroatoms. The second-order valence-electron chi connectivity index (χ2n) is 11.4. The van der Waals surface area contributed by atoms with Crippen LogP contribution >= 0.6 is 11.8 Å². The minimum Gasteiger partial charge on any atom is -0.455 e. The molecule has 10 nitrogen and oxygen atoms in total. The van der Waals surface area contributed by atoms with Gasteiger partial charge in [-0.25, -0.2) is 4.18 Å². The van der Waals surface area contributed by atoms with Crippen LogP contribution in [-0.2, 0) is 43.1 Å². The second kappa shape index (κ2) is 24.3. The molecule has 5 atom stereocenters. The van der Waals surface area contributed by atoms with Crippen molar-refractivity contribution in [2.24, 2.45) is 0 Å². The molecule has 1 unspecified atom stereocenters. The molecule has 0 bridgehead atoms. The van der Waals surface area contributed by atoms with Gasteiger partial charge in [-0.2, -0.15) is 8.42 Å². The zero-order valence-electron chi connectivity index (χ0n) is 27.0. The van der Waals surface area contributed by atoms with Crippen molar-refractivity contribution in [1.29, 1.82) is 0 Å². The zero-order chi connectivity index (χ0) is 31.9. The highest BCUT2D eigenvalue weighted by Gasteiger charge is 2.52. The lowest BCUT2D eigenvalue weighted by Gasteiger charge is -2.43. The first-order valence-electron chi connectivity index (χ1n) is 16.4. The Bertz CT molecular complexity index is 838. The fourth-order valence-electron chi connectivity index (χ4n) is 5.29. The summed E-state index contributed by atoms with van der Waals surface area (Å²) in [5.74, 6) is -1.05. The number of ether oxygens (including phenoxy) is 4. The predicted molar refractivity (Wildman–Crippen MR) is 169 cm³/mol. The molecule has 0 radical (unpaired) electrons. The van der Waals surface area contributed by atoms with E-state index in [1.54, 1.807) is 6.26 Å². The Hall–Kier alpha value is -0.920. The molecular formula is C31H58O10S2. The monoisotopic (exact) mass is 654 g/mol. The van der Waals surface area contributed by atoms with Gasteiger partial charge < -0.3 is 18.9 Å². The highest BCUT2D eigenvalue weighted by molar-refractivity contribution is 7.99. The summed E-state index contributed by atoms with van der Waals surface area (Å²) < 4.78 is 60.8. The van der Waals surface area contributed by atoms with Crippen molar-refractivity contribution in [3.05, 3.63) is 0 Å². The molecule has 0 saturated carbocycles. The van der Waals surface area contributed by atoms with Crippen LogP contribution in [-0.4, -0.2) is 74.7 Å². The molecule has 0 aromatic heterocycles. The molecule has 1 rings (SSSR count). The molecule has 1 aliphatic rings. The summed E-state index contributed by atoms with van der Waals surface area (Å²) in [7, 11) is -3.55. The van der Waals surface area contributed by atoms with Crippen LogP contribution in [0.5, 0.6) is 0 Å². The van der Waals surface area contributed by atoms with Crippen LogP contribution in [0.25, 0.3) is 0 Å². The number of carbonyl (C=O) groups excluding carboxylic acids is 2. The maximum atomic E-state index is 12.9. The lowest BCUT2D eigenvalue weighted by Crippen LogP contribution is -2.61. The van der Waals surface area contributed by atoms with E-state index in [1.807, 2.05) is 0 Å². The molecule has 1 saturated heterocycles. The summed E-state index contributed by atoms with van der Waals surface area (Å²) in [5, 5.41) is 0. The largest absolute Gasteiger partial charge is 0.455 e. The Morgan fingerprint density at radius 2 is 1.12 bits per heavy atom. The van der Waals surface area contributed by atoms with E-state index in [1.165, 1.54) is 76.7 Å². The first-order valence-corrected chi connectivity index (χ1v) is 19.0. The minimum atomic E-state index is -4.96. The van der Waals surface area contributed by atoms with E-state index >= 15 is 0 Å². The SMILES string of the molecule is CCCCCCCCCCCC(=O)O[C@H]1C(SC)O[C@H](COC)[C@@H](OS(=O)(=O)O)[C@@H]1OC(=O)CCCCCCCCCC. The third kappa shape index (κ3) is 18.6. The Kier molecular flexibility index (Phi) is 22.7. The number of esters is 2. The van der Waals surface area contributed by atoms with Gasteiger partial charge in [-0.15, -0.1) is 11.8 Å². The van der Waals surface area contributed by atoms with Crippen LogP contribution in [0, 0.1) is 0 Å². The number of rotatable bonds is 26. The summed E-state index contributed by atoms with van der Waals surface area (Å²) in [6.45, 7) is 4.28. The van der Waals surface area contributed by atoms with Crippen LogP contribution in [0.15, 0.2) is 0 Å². The van der Waals surface area contributed by atoms with Crippen molar-refractivity contribution in [3.63, 3.8) is 0 Å². The topological polar surface area (TPSA) is 135 Å². The lowest BCUT2D eigenvalue weighted by molar-refractivity contribution is -0.226. The van der Waals surface area contributed by atoms with Crippen molar-refractivity contribution in [2.75, 3.05) is 20.0 Å². The maximum absolute atomic E-state index is 12.9. The summed E-state index contributed by atoms with van der Waals surface area (Å²) in [6, 6.07) is 0. The molecule has 254 valence electrons. The standard InChI is InChI=1S/C31H58O10S2/c1-5-7-9-11-13-15-17-19-21-23-27(33)40-30-29(39-26(32)22-20-18-16-14-12-10-8-6-2)28(41-43(34,35)36)25(24-37-3)38-31(30)42-4/h25,28-31H,5-24H2,1-4H3,(H,34,35,36)/t25-,28-,29+,30-,31?/m1/s1. The van der Waals surface area contributed by atoms with Gasteiger partial charge in [0.2, 0.25) is 0 Å². The maximum Gasteiger partial charge on any atom is 0.397 e. The molecular weight excluding hydrogens is 596 g/mol. The van der Waals surface area contributed by atoms with Gasteiger partial charge in [-0.05, 0) is 19.1 Å². The van der Waals surface area contributed by atoms with Gasteiger partial charge in [-0.3, -0.25) is 14.1 Å². The van der Waals surface area contributed by atoms with E-state index < -0.39 is 52.2 Å². The molecule has 0 aromatic carbocycles. The molecule has 1 heterocycles. The fraction of sp³-hybridized carbons (Fsp3) is 0.935. The van der Waals surface area contributed by atoms with Gasteiger partial charge in [0.1, 0.15) is 17.6 Å². The third-order valence-electron chi connectivity index (χ3n) is 7.64.